The minimum atomic E-state index is -0.297. The summed E-state index contributed by atoms with van der Waals surface area (Å²) >= 11 is 0. The molecule has 4 atom stereocenters. The maximum atomic E-state index is 10.5. The van der Waals surface area contributed by atoms with Gasteiger partial charge in [0.05, 0.1) is 0 Å². The molecule has 1 aromatic carbocycles. The van der Waals surface area contributed by atoms with E-state index in [9.17, 15) is 10.2 Å². The minimum Gasteiger partial charge on any atom is -0.507 e. The molecule has 0 radical (unpaired) electrons. The number of benzene rings is 1. The summed E-state index contributed by atoms with van der Waals surface area (Å²) in [6.07, 6.45) is 16.7. The Balaban J connectivity index is 2.18. The lowest BCUT2D eigenvalue weighted by atomic mass is 9.66. The van der Waals surface area contributed by atoms with E-state index >= 15 is 0 Å². The van der Waals surface area contributed by atoms with E-state index < -0.39 is 0 Å². The van der Waals surface area contributed by atoms with Crippen LogP contribution in [0, 0.1) is 11.8 Å². The lowest BCUT2D eigenvalue weighted by molar-refractivity contribution is 0.386. The highest BCUT2D eigenvalue weighted by molar-refractivity contribution is 5.55. The van der Waals surface area contributed by atoms with E-state index in [1.165, 1.54) is 6.07 Å². The van der Waals surface area contributed by atoms with Crippen LogP contribution in [-0.4, -0.2) is 10.2 Å². The third-order valence-electron chi connectivity index (χ3n) is 6.07. The van der Waals surface area contributed by atoms with Crippen LogP contribution in [0.4, 0.5) is 0 Å². The second kappa shape index (κ2) is 5.70. The molecule has 2 aliphatic carbocycles. The van der Waals surface area contributed by atoms with Gasteiger partial charge >= 0.3 is 0 Å². The molecule has 3 rings (SSSR count). The first-order chi connectivity index (χ1) is 11.3. The molecule has 0 fully saturated rings. The van der Waals surface area contributed by atoms with Crippen molar-refractivity contribution in [3.63, 3.8) is 0 Å². The Labute approximate surface area is 144 Å². The summed E-state index contributed by atoms with van der Waals surface area (Å²) in [5.41, 5.74) is 1.13. The molecule has 2 N–H and O–H groups in total. The standard InChI is InChI=1S/C22H26O2/c1-15-9-5-7-11-21(15,3)17-13-18(20(24)14-19(17)23)22(4)12-8-6-10-16(22)2/h5-16,23-24H,1-4H3. The van der Waals surface area contributed by atoms with Crippen molar-refractivity contribution in [2.45, 2.75) is 38.5 Å². The second-order valence-corrected chi connectivity index (χ2v) is 7.52. The van der Waals surface area contributed by atoms with Gasteiger partial charge in [-0.15, -0.1) is 0 Å². The van der Waals surface area contributed by atoms with Crippen LogP contribution in [0.2, 0.25) is 0 Å². The number of hydrogen-bond acceptors (Lipinski definition) is 2. The monoisotopic (exact) mass is 322 g/mol. The zero-order valence-corrected chi connectivity index (χ0v) is 14.8. The van der Waals surface area contributed by atoms with Gasteiger partial charge in [-0.05, 0) is 17.9 Å². The van der Waals surface area contributed by atoms with Crippen molar-refractivity contribution in [1.29, 1.82) is 0 Å². The summed E-state index contributed by atoms with van der Waals surface area (Å²) in [4.78, 5) is 0. The highest BCUT2D eigenvalue weighted by atomic mass is 16.3. The van der Waals surface area contributed by atoms with Crippen LogP contribution in [0.15, 0.2) is 60.7 Å². The lowest BCUT2D eigenvalue weighted by Crippen LogP contribution is -2.31. The molecule has 0 amide bonds. The molecule has 1 aromatic rings. The fourth-order valence-electron chi connectivity index (χ4n) is 3.79. The predicted octanol–water partition coefficient (Wildman–Crippen LogP) is 5.14. The molecule has 2 nitrogen and oxygen atoms in total. The normalized spacial score (nSPS) is 34.7. The van der Waals surface area contributed by atoms with E-state index in [2.05, 4.69) is 52.0 Å². The SMILES string of the molecule is CC1C=CC=CC1(C)c1cc(C2(C)C=CC=CC2C)c(O)cc1O. The van der Waals surface area contributed by atoms with E-state index in [4.69, 9.17) is 0 Å². The molecule has 2 heteroatoms. The first kappa shape index (κ1) is 16.6. The molecular formula is C22H26O2. The maximum Gasteiger partial charge on any atom is 0.123 e. The zero-order chi connectivity index (χ0) is 17.5. The van der Waals surface area contributed by atoms with Gasteiger partial charge in [0.1, 0.15) is 11.5 Å². The van der Waals surface area contributed by atoms with Gasteiger partial charge in [0.2, 0.25) is 0 Å². The van der Waals surface area contributed by atoms with Crippen LogP contribution in [0.3, 0.4) is 0 Å². The number of phenolic OH excluding ortho intramolecular Hbond substituents is 2. The third-order valence-corrected chi connectivity index (χ3v) is 6.07. The van der Waals surface area contributed by atoms with Crippen molar-refractivity contribution in [3.05, 3.63) is 71.9 Å². The van der Waals surface area contributed by atoms with Crippen molar-refractivity contribution >= 4 is 0 Å². The smallest absolute Gasteiger partial charge is 0.123 e. The quantitative estimate of drug-likeness (QED) is 0.791. The topological polar surface area (TPSA) is 40.5 Å². The predicted molar refractivity (Wildman–Crippen MR) is 99.4 cm³/mol. The van der Waals surface area contributed by atoms with E-state index in [1.807, 2.05) is 30.4 Å². The molecule has 0 saturated carbocycles. The first-order valence-electron chi connectivity index (χ1n) is 8.58. The van der Waals surface area contributed by atoms with Crippen molar-refractivity contribution in [2.75, 3.05) is 0 Å². The van der Waals surface area contributed by atoms with Crippen molar-refractivity contribution in [1.82, 2.24) is 0 Å². The van der Waals surface area contributed by atoms with Gasteiger partial charge in [-0.25, -0.2) is 0 Å². The summed E-state index contributed by atoms with van der Waals surface area (Å²) in [5.74, 6) is 0.824. The first-order valence-corrected chi connectivity index (χ1v) is 8.58. The van der Waals surface area contributed by atoms with E-state index in [0.717, 1.165) is 11.1 Å². The van der Waals surface area contributed by atoms with Gasteiger partial charge in [0, 0.05) is 28.0 Å². The van der Waals surface area contributed by atoms with Crippen molar-refractivity contribution in [3.8, 4) is 11.5 Å². The van der Waals surface area contributed by atoms with Crippen molar-refractivity contribution < 1.29 is 10.2 Å². The van der Waals surface area contributed by atoms with Crippen LogP contribution < -0.4 is 0 Å². The molecular weight excluding hydrogens is 296 g/mol. The van der Waals surface area contributed by atoms with Gasteiger partial charge in [-0.3, -0.25) is 0 Å². The number of phenols is 2. The van der Waals surface area contributed by atoms with Crippen LogP contribution in [-0.2, 0) is 10.8 Å². The number of hydrogen-bond donors (Lipinski definition) is 2. The average molecular weight is 322 g/mol. The van der Waals surface area contributed by atoms with Gasteiger partial charge < -0.3 is 10.2 Å². The molecule has 0 bridgehead atoms. The minimum absolute atomic E-state index is 0.150. The number of aromatic hydroxyl groups is 2. The molecule has 0 heterocycles. The van der Waals surface area contributed by atoms with Gasteiger partial charge in [0.25, 0.3) is 0 Å². The van der Waals surface area contributed by atoms with E-state index in [1.54, 1.807) is 0 Å². The Kier molecular flexibility index (Phi) is 3.95. The van der Waals surface area contributed by atoms with Gasteiger partial charge in [-0.2, -0.15) is 0 Å². The van der Waals surface area contributed by atoms with Crippen LogP contribution in [0.1, 0.15) is 38.8 Å². The molecule has 24 heavy (non-hydrogen) atoms. The van der Waals surface area contributed by atoms with Crippen LogP contribution in [0.25, 0.3) is 0 Å². The largest absolute Gasteiger partial charge is 0.507 e. The Morgan fingerprint density at radius 2 is 1.12 bits per heavy atom. The molecule has 0 spiro atoms. The Morgan fingerprint density at radius 1 is 0.708 bits per heavy atom. The van der Waals surface area contributed by atoms with Crippen molar-refractivity contribution in [2.24, 2.45) is 11.8 Å². The molecule has 126 valence electrons. The fraction of sp³-hybridized carbons (Fsp3) is 0.364. The number of allylic oxidation sites excluding steroid dienone is 8. The van der Waals surface area contributed by atoms with Gasteiger partial charge in [-0.1, -0.05) is 76.3 Å². The summed E-state index contributed by atoms with van der Waals surface area (Å²) in [7, 11) is 0. The third kappa shape index (κ3) is 2.41. The highest BCUT2D eigenvalue weighted by Gasteiger charge is 2.38. The van der Waals surface area contributed by atoms with Crippen LogP contribution in [0.5, 0.6) is 11.5 Å². The number of rotatable bonds is 2. The fourth-order valence-corrected chi connectivity index (χ4v) is 3.79. The van der Waals surface area contributed by atoms with Crippen LogP contribution >= 0.6 is 0 Å². The molecule has 4 unspecified atom stereocenters. The summed E-state index contributed by atoms with van der Waals surface area (Å²) < 4.78 is 0. The Morgan fingerprint density at radius 3 is 1.50 bits per heavy atom. The maximum absolute atomic E-state index is 10.5. The summed E-state index contributed by atoms with van der Waals surface area (Å²) in [6, 6.07) is 3.49. The molecule has 2 aliphatic rings. The summed E-state index contributed by atoms with van der Waals surface area (Å²) in [5, 5.41) is 21.1. The Bertz CT molecular complexity index is 707. The molecule has 0 saturated heterocycles. The molecule has 0 aliphatic heterocycles. The summed E-state index contributed by atoms with van der Waals surface area (Å²) in [6.45, 7) is 8.57. The lowest BCUT2D eigenvalue weighted by Gasteiger charge is -2.38. The zero-order valence-electron chi connectivity index (χ0n) is 14.8. The van der Waals surface area contributed by atoms with Gasteiger partial charge in [0.15, 0.2) is 0 Å². The Hall–Kier alpha value is -2.22. The average Bonchev–Trinajstić information content (AvgIpc) is 2.53. The highest BCUT2D eigenvalue weighted by Crippen LogP contribution is 2.48. The van der Waals surface area contributed by atoms with E-state index in [0.29, 0.717) is 0 Å². The molecule has 0 aromatic heterocycles. The second-order valence-electron chi connectivity index (χ2n) is 7.52. The van der Waals surface area contributed by atoms with E-state index in [-0.39, 0.29) is 34.2 Å².